The highest BCUT2D eigenvalue weighted by molar-refractivity contribution is 8.02. The van der Waals surface area contributed by atoms with E-state index in [1.807, 2.05) is 0 Å². The van der Waals surface area contributed by atoms with Crippen molar-refractivity contribution in [3.05, 3.63) is 12.0 Å². The first-order valence-electron chi connectivity index (χ1n) is 3.10. The van der Waals surface area contributed by atoms with Crippen LogP contribution < -0.4 is 0 Å². The minimum Gasteiger partial charge on any atom is -0.469 e. The van der Waals surface area contributed by atoms with Crippen molar-refractivity contribution in [2.75, 3.05) is 12.9 Å². The highest BCUT2D eigenvalue weighted by Gasteiger charge is 1.97. The predicted molar refractivity (Wildman–Crippen MR) is 43.9 cm³/mol. The molecule has 10 heavy (non-hydrogen) atoms. The maximum atomic E-state index is 10.5. The van der Waals surface area contributed by atoms with E-state index in [1.54, 1.807) is 17.2 Å². The van der Waals surface area contributed by atoms with Crippen molar-refractivity contribution in [3.63, 3.8) is 0 Å². The van der Waals surface area contributed by atoms with Crippen molar-refractivity contribution in [2.45, 2.75) is 12.8 Å². The molecule has 0 aliphatic rings. The molecule has 0 aromatic heterocycles. The Morgan fingerprint density at radius 2 is 2.50 bits per heavy atom. The first-order valence-corrected chi connectivity index (χ1v) is 4.15. The van der Waals surface area contributed by atoms with E-state index >= 15 is 0 Å². The molecule has 0 aliphatic heterocycles. The van der Waals surface area contributed by atoms with Crippen LogP contribution in [0.3, 0.4) is 0 Å². The Morgan fingerprint density at radius 3 is 3.00 bits per heavy atom. The third-order valence-electron chi connectivity index (χ3n) is 0.989. The average molecular weight is 160 g/mol. The van der Waals surface area contributed by atoms with Crippen molar-refractivity contribution in [2.24, 2.45) is 0 Å². The maximum Gasteiger partial charge on any atom is 0.305 e. The minimum atomic E-state index is -0.135. The summed E-state index contributed by atoms with van der Waals surface area (Å²) in [6.07, 6.45) is 1.38. The molecule has 0 amide bonds. The fourth-order valence-corrected chi connectivity index (χ4v) is 0.963. The van der Waals surface area contributed by atoms with Gasteiger partial charge in [-0.1, -0.05) is 6.58 Å². The van der Waals surface area contributed by atoms with Crippen LogP contribution in [0.5, 0.6) is 0 Å². The summed E-state index contributed by atoms with van der Waals surface area (Å²) in [5, 5.41) is 1.78. The first-order chi connectivity index (χ1) is 4.81. The average Bonchev–Trinajstić information content (AvgIpc) is 1.98. The van der Waals surface area contributed by atoms with Gasteiger partial charge >= 0.3 is 5.97 Å². The lowest BCUT2D eigenvalue weighted by atomic mass is 10.3. The second kappa shape index (κ2) is 6.68. The molecule has 0 spiro atoms. The van der Waals surface area contributed by atoms with E-state index in [2.05, 4.69) is 11.3 Å². The summed E-state index contributed by atoms with van der Waals surface area (Å²) in [5.41, 5.74) is 0. The molecule has 0 rings (SSSR count). The lowest BCUT2D eigenvalue weighted by Crippen LogP contribution is -1.99. The molecule has 0 heterocycles. The second-order valence-corrected chi connectivity index (χ2v) is 2.79. The van der Waals surface area contributed by atoms with E-state index < -0.39 is 0 Å². The summed E-state index contributed by atoms with van der Waals surface area (Å²) < 4.78 is 4.46. The third-order valence-corrected chi connectivity index (χ3v) is 1.75. The Morgan fingerprint density at radius 1 is 1.80 bits per heavy atom. The van der Waals surface area contributed by atoms with Crippen molar-refractivity contribution < 1.29 is 9.53 Å². The highest BCUT2D eigenvalue weighted by Crippen LogP contribution is 2.04. The van der Waals surface area contributed by atoms with Gasteiger partial charge in [-0.05, 0) is 17.6 Å². The normalized spacial score (nSPS) is 8.90. The number of rotatable bonds is 5. The molecular weight excluding hydrogens is 148 g/mol. The molecular formula is C7H12O2S. The second-order valence-electron chi connectivity index (χ2n) is 1.72. The smallest absolute Gasteiger partial charge is 0.305 e. The van der Waals surface area contributed by atoms with Gasteiger partial charge in [-0.15, -0.1) is 11.8 Å². The topological polar surface area (TPSA) is 26.3 Å². The van der Waals surface area contributed by atoms with Crippen LogP contribution >= 0.6 is 11.8 Å². The van der Waals surface area contributed by atoms with Gasteiger partial charge in [-0.25, -0.2) is 0 Å². The number of hydrogen-bond acceptors (Lipinski definition) is 3. The molecule has 0 atom stereocenters. The van der Waals surface area contributed by atoms with Gasteiger partial charge in [0.2, 0.25) is 0 Å². The molecule has 0 N–H and O–H groups in total. The predicted octanol–water partition coefficient (Wildman–Crippen LogP) is 1.82. The number of esters is 1. The van der Waals surface area contributed by atoms with Gasteiger partial charge in [-0.3, -0.25) is 4.79 Å². The first kappa shape index (κ1) is 9.56. The fraction of sp³-hybridized carbons (Fsp3) is 0.571. The fourth-order valence-electron chi connectivity index (χ4n) is 0.485. The van der Waals surface area contributed by atoms with Crippen LogP contribution in [-0.4, -0.2) is 18.8 Å². The lowest BCUT2D eigenvalue weighted by molar-refractivity contribution is -0.140. The Hall–Kier alpha value is -0.440. The van der Waals surface area contributed by atoms with E-state index in [9.17, 15) is 4.79 Å². The molecule has 58 valence electrons. The summed E-state index contributed by atoms with van der Waals surface area (Å²) in [4.78, 5) is 10.5. The van der Waals surface area contributed by atoms with Gasteiger partial charge < -0.3 is 4.74 Å². The number of hydrogen-bond donors (Lipinski definition) is 0. The molecule has 0 aliphatic carbocycles. The van der Waals surface area contributed by atoms with E-state index in [1.165, 1.54) is 7.11 Å². The zero-order valence-electron chi connectivity index (χ0n) is 6.13. The Kier molecular flexibility index (Phi) is 6.38. The monoisotopic (exact) mass is 160 g/mol. The molecule has 0 saturated carbocycles. The number of thioether (sulfide) groups is 1. The molecule has 2 nitrogen and oxygen atoms in total. The summed E-state index contributed by atoms with van der Waals surface area (Å²) in [5.74, 6) is 0.808. The van der Waals surface area contributed by atoms with Crippen molar-refractivity contribution in [1.82, 2.24) is 0 Å². The largest absolute Gasteiger partial charge is 0.469 e. The molecule has 0 aromatic rings. The highest BCUT2D eigenvalue weighted by atomic mass is 32.2. The van der Waals surface area contributed by atoms with Crippen LogP contribution in [0.15, 0.2) is 12.0 Å². The molecule has 0 unspecified atom stereocenters. The number of methoxy groups -OCH3 is 1. The zero-order valence-corrected chi connectivity index (χ0v) is 6.95. The number of carbonyl (C=O) groups is 1. The van der Waals surface area contributed by atoms with Crippen LogP contribution in [-0.2, 0) is 9.53 Å². The number of carbonyl (C=O) groups excluding carboxylic acids is 1. The summed E-state index contributed by atoms with van der Waals surface area (Å²) >= 11 is 1.62. The molecule has 0 bridgehead atoms. The number of ether oxygens (including phenoxy) is 1. The Balaban J connectivity index is 3.03. The van der Waals surface area contributed by atoms with Gasteiger partial charge in [0.1, 0.15) is 0 Å². The van der Waals surface area contributed by atoms with E-state index in [0.29, 0.717) is 6.42 Å². The van der Waals surface area contributed by atoms with E-state index in [0.717, 1.165) is 12.2 Å². The van der Waals surface area contributed by atoms with Crippen LogP contribution in [0.25, 0.3) is 0 Å². The lowest BCUT2D eigenvalue weighted by Gasteiger charge is -1.95. The third kappa shape index (κ3) is 5.69. The molecule has 0 radical (unpaired) electrons. The maximum absolute atomic E-state index is 10.5. The molecule has 3 heteroatoms. The Bertz CT molecular complexity index is 112. The van der Waals surface area contributed by atoms with Crippen LogP contribution in [0.1, 0.15) is 12.8 Å². The quantitative estimate of drug-likeness (QED) is 0.453. The van der Waals surface area contributed by atoms with Gasteiger partial charge in [0.05, 0.1) is 7.11 Å². The summed E-state index contributed by atoms with van der Waals surface area (Å²) in [6, 6.07) is 0. The van der Waals surface area contributed by atoms with Crippen molar-refractivity contribution in [1.29, 1.82) is 0 Å². The molecule has 0 saturated heterocycles. The molecule has 0 aromatic carbocycles. The summed E-state index contributed by atoms with van der Waals surface area (Å²) in [7, 11) is 1.41. The zero-order chi connectivity index (χ0) is 7.82. The SMILES string of the molecule is C=CSCCCC(=O)OC. The van der Waals surface area contributed by atoms with Gasteiger partial charge in [0, 0.05) is 6.42 Å². The van der Waals surface area contributed by atoms with Gasteiger partial charge in [0.25, 0.3) is 0 Å². The minimum absolute atomic E-state index is 0.135. The van der Waals surface area contributed by atoms with Crippen molar-refractivity contribution in [3.8, 4) is 0 Å². The van der Waals surface area contributed by atoms with E-state index in [-0.39, 0.29) is 5.97 Å². The molecule has 0 fully saturated rings. The van der Waals surface area contributed by atoms with Crippen LogP contribution in [0.2, 0.25) is 0 Å². The van der Waals surface area contributed by atoms with E-state index in [4.69, 9.17) is 0 Å². The Labute approximate surface area is 65.6 Å². The van der Waals surface area contributed by atoms with Crippen molar-refractivity contribution >= 4 is 17.7 Å². The van der Waals surface area contributed by atoms with Gasteiger partial charge in [-0.2, -0.15) is 0 Å². The standard InChI is InChI=1S/C7H12O2S/c1-3-10-6-4-5-7(8)9-2/h3H,1,4-6H2,2H3. The van der Waals surface area contributed by atoms with Crippen LogP contribution in [0.4, 0.5) is 0 Å². The summed E-state index contributed by atoms with van der Waals surface area (Å²) in [6.45, 7) is 3.54. The van der Waals surface area contributed by atoms with Gasteiger partial charge in [0.15, 0.2) is 0 Å². The van der Waals surface area contributed by atoms with Crippen LogP contribution in [0, 0.1) is 0 Å².